The smallest absolute Gasteiger partial charge is 0.326 e. The molecule has 0 saturated heterocycles. The van der Waals surface area contributed by atoms with E-state index in [1.165, 1.54) is 0 Å². The van der Waals surface area contributed by atoms with Crippen molar-refractivity contribution in [1.82, 2.24) is 15.5 Å². The molecule has 7 heteroatoms. The highest BCUT2D eigenvalue weighted by atomic mass is 16.5. The Hall–Kier alpha value is -1.92. The van der Waals surface area contributed by atoms with E-state index in [1.807, 2.05) is 13.8 Å². The number of aliphatic carboxylic acids is 1. The molecular weight excluding hydrogens is 262 g/mol. The zero-order chi connectivity index (χ0) is 15.0. The van der Waals surface area contributed by atoms with Crippen molar-refractivity contribution in [3.8, 4) is 0 Å². The molecule has 20 heavy (non-hydrogen) atoms. The number of nitrogens with one attached hydrogen (secondary N) is 1. The maximum absolute atomic E-state index is 11.7. The average Bonchev–Trinajstić information content (AvgIpc) is 2.84. The number of carbonyl (C=O) groups excluding carboxylic acids is 1. The molecule has 1 amide bonds. The number of nitrogens with zero attached hydrogens (tertiary/aromatic N) is 2. The average molecular weight is 283 g/mol. The van der Waals surface area contributed by atoms with Gasteiger partial charge in [-0.3, -0.25) is 4.79 Å². The molecule has 0 fully saturated rings. The van der Waals surface area contributed by atoms with Gasteiger partial charge in [-0.15, -0.1) is 0 Å². The fourth-order valence-corrected chi connectivity index (χ4v) is 1.75. The Morgan fingerprint density at radius 1 is 1.30 bits per heavy atom. The Balaban J connectivity index is 2.39. The van der Waals surface area contributed by atoms with Crippen molar-refractivity contribution >= 4 is 11.9 Å². The summed E-state index contributed by atoms with van der Waals surface area (Å²) in [5.74, 6) is -0.285. The first kappa shape index (κ1) is 16.1. The van der Waals surface area contributed by atoms with Gasteiger partial charge < -0.3 is 14.9 Å². The van der Waals surface area contributed by atoms with Gasteiger partial charge in [-0.2, -0.15) is 4.98 Å². The number of rotatable bonds is 9. The van der Waals surface area contributed by atoms with Crippen molar-refractivity contribution in [2.45, 2.75) is 58.4 Å². The number of hydrogen-bond acceptors (Lipinski definition) is 5. The van der Waals surface area contributed by atoms with Gasteiger partial charge in [0.1, 0.15) is 6.04 Å². The van der Waals surface area contributed by atoms with Crippen LogP contribution in [0.3, 0.4) is 0 Å². The molecule has 1 aromatic heterocycles. The van der Waals surface area contributed by atoms with E-state index in [9.17, 15) is 9.59 Å². The second-order valence-corrected chi connectivity index (χ2v) is 4.60. The number of hydrogen-bond donors (Lipinski definition) is 2. The summed E-state index contributed by atoms with van der Waals surface area (Å²) in [6.07, 6.45) is 3.25. The number of aromatic nitrogens is 2. The lowest BCUT2D eigenvalue weighted by atomic mass is 10.1. The van der Waals surface area contributed by atoms with Crippen molar-refractivity contribution < 1.29 is 19.2 Å². The van der Waals surface area contributed by atoms with Crippen LogP contribution in [0.2, 0.25) is 0 Å². The molecule has 0 saturated carbocycles. The van der Waals surface area contributed by atoms with E-state index in [2.05, 4.69) is 15.5 Å². The minimum absolute atomic E-state index is 0.140. The number of carbonyl (C=O) groups is 2. The number of aryl methyl sites for hydroxylation is 2. The van der Waals surface area contributed by atoms with Crippen LogP contribution in [0, 0.1) is 0 Å². The SMILES string of the molecule is CCCc1noc(CCC(=O)N[C@H](CCC)C(=O)O)n1. The topological polar surface area (TPSA) is 105 Å². The highest BCUT2D eigenvalue weighted by molar-refractivity contribution is 5.83. The predicted molar refractivity (Wildman–Crippen MR) is 71.1 cm³/mol. The number of amides is 1. The van der Waals surface area contributed by atoms with E-state index in [1.54, 1.807) is 0 Å². The van der Waals surface area contributed by atoms with Gasteiger partial charge in [0.2, 0.25) is 11.8 Å². The molecule has 0 unspecified atom stereocenters. The lowest BCUT2D eigenvalue weighted by molar-refractivity contribution is -0.142. The fourth-order valence-electron chi connectivity index (χ4n) is 1.75. The summed E-state index contributed by atoms with van der Waals surface area (Å²) in [6, 6.07) is -0.828. The fraction of sp³-hybridized carbons (Fsp3) is 0.692. The molecule has 0 aliphatic heterocycles. The van der Waals surface area contributed by atoms with E-state index in [4.69, 9.17) is 9.63 Å². The first-order valence-electron chi connectivity index (χ1n) is 6.90. The minimum Gasteiger partial charge on any atom is -0.480 e. The monoisotopic (exact) mass is 283 g/mol. The van der Waals surface area contributed by atoms with Crippen molar-refractivity contribution in [2.75, 3.05) is 0 Å². The first-order valence-corrected chi connectivity index (χ1v) is 6.90. The van der Waals surface area contributed by atoms with Gasteiger partial charge in [0, 0.05) is 19.3 Å². The Kier molecular flexibility index (Phi) is 6.69. The molecule has 1 heterocycles. The molecule has 112 valence electrons. The van der Waals surface area contributed by atoms with E-state index in [0.29, 0.717) is 31.0 Å². The van der Waals surface area contributed by atoms with Gasteiger partial charge in [0.05, 0.1) is 0 Å². The minimum atomic E-state index is -1.01. The summed E-state index contributed by atoms with van der Waals surface area (Å²) in [6.45, 7) is 3.89. The first-order chi connectivity index (χ1) is 9.56. The number of carboxylic acid groups (broad SMARTS) is 1. The maximum atomic E-state index is 11.7. The molecule has 0 spiro atoms. The molecule has 0 radical (unpaired) electrons. The molecule has 1 atom stereocenters. The third-order valence-electron chi connectivity index (χ3n) is 2.76. The quantitative estimate of drug-likeness (QED) is 0.708. The van der Waals surface area contributed by atoms with Gasteiger partial charge in [0.15, 0.2) is 5.82 Å². The van der Waals surface area contributed by atoms with Crippen LogP contribution in [-0.2, 0) is 22.4 Å². The molecule has 0 bridgehead atoms. The standard InChI is InChI=1S/C13H21N3O4/c1-3-5-9(13(18)19)14-11(17)7-8-12-15-10(6-4-2)16-20-12/h9H,3-8H2,1-2H3,(H,14,17)(H,18,19)/t9-/m1/s1. The lowest BCUT2D eigenvalue weighted by Gasteiger charge is -2.12. The van der Waals surface area contributed by atoms with Crippen LogP contribution in [-0.4, -0.2) is 33.2 Å². The lowest BCUT2D eigenvalue weighted by Crippen LogP contribution is -2.40. The summed E-state index contributed by atoms with van der Waals surface area (Å²) < 4.78 is 5.01. The second-order valence-electron chi connectivity index (χ2n) is 4.60. The van der Waals surface area contributed by atoms with Crippen LogP contribution >= 0.6 is 0 Å². The Morgan fingerprint density at radius 2 is 2.05 bits per heavy atom. The van der Waals surface area contributed by atoms with Crippen LogP contribution in [0.1, 0.15) is 51.2 Å². The van der Waals surface area contributed by atoms with Crippen LogP contribution in [0.25, 0.3) is 0 Å². The van der Waals surface area contributed by atoms with Gasteiger partial charge >= 0.3 is 5.97 Å². The van der Waals surface area contributed by atoms with Crippen LogP contribution in [0.5, 0.6) is 0 Å². The second kappa shape index (κ2) is 8.29. The highest BCUT2D eigenvalue weighted by Crippen LogP contribution is 2.04. The van der Waals surface area contributed by atoms with E-state index < -0.39 is 12.0 Å². The molecule has 0 aliphatic carbocycles. The molecule has 0 aromatic carbocycles. The Labute approximate surface area is 117 Å². The normalized spacial score (nSPS) is 12.1. The van der Waals surface area contributed by atoms with Gasteiger partial charge in [-0.05, 0) is 12.8 Å². The van der Waals surface area contributed by atoms with Gasteiger partial charge in [0.25, 0.3) is 0 Å². The third kappa shape index (κ3) is 5.38. The van der Waals surface area contributed by atoms with E-state index in [0.717, 1.165) is 12.8 Å². The highest BCUT2D eigenvalue weighted by Gasteiger charge is 2.19. The van der Waals surface area contributed by atoms with Gasteiger partial charge in [-0.1, -0.05) is 25.4 Å². The summed E-state index contributed by atoms with van der Waals surface area (Å²) in [4.78, 5) is 26.7. The number of carboxylic acids is 1. The van der Waals surface area contributed by atoms with Crippen LogP contribution < -0.4 is 5.32 Å². The molecule has 2 N–H and O–H groups in total. The largest absolute Gasteiger partial charge is 0.480 e. The van der Waals surface area contributed by atoms with Crippen molar-refractivity contribution in [3.63, 3.8) is 0 Å². The maximum Gasteiger partial charge on any atom is 0.326 e. The summed E-state index contributed by atoms with van der Waals surface area (Å²) in [7, 11) is 0. The Bertz CT molecular complexity index is 445. The van der Waals surface area contributed by atoms with Crippen molar-refractivity contribution in [2.24, 2.45) is 0 Å². The molecule has 1 rings (SSSR count). The van der Waals surface area contributed by atoms with Crippen LogP contribution in [0.15, 0.2) is 4.52 Å². The molecule has 1 aromatic rings. The zero-order valence-electron chi connectivity index (χ0n) is 11.9. The molecule has 7 nitrogen and oxygen atoms in total. The van der Waals surface area contributed by atoms with Crippen LogP contribution in [0.4, 0.5) is 0 Å². The van der Waals surface area contributed by atoms with Gasteiger partial charge in [-0.25, -0.2) is 4.79 Å². The molecular formula is C13H21N3O4. The summed E-state index contributed by atoms with van der Waals surface area (Å²) >= 11 is 0. The Morgan fingerprint density at radius 3 is 2.65 bits per heavy atom. The van der Waals surface area contributed by atoms with Crippen molar-refractivity contribution in [3.05, 3.63) is 11.7 Å². The summed E-state index contributed by atoms with van der Waals surface area (Å²) in [5.41, 5.74) is 0. The summed E-state index contributed by atoms with van der Waals surface area (Å²) in [5, 5.41) is 15.2. The predicted octanol–water partition coefficient (Wildman–Crippen LogP) is 1.32. The van der Waals surface area contributed by atoms with E-state index in [-0.39, 0.29) is 12.3 Å². The molecule has 0 aliphatic rings. The van der Waals surface area contributed by atoms with Crippen molar-refractivity contribution in [1.29, 1.82) is 0 Å². The third-order valence-corrected chi connectivity index (χ3v) is 2.76. The zero-order valence-corrected chi connectivity index (χ0v) is 11.9. The van der Waals surface area contributed by atoms with E-state index >= 15 is 0 Å².